The average Bonchev–Trinajstić information content (AvgIpc) is 2.94. The van der Waals surface area contributed by atoms with Crippen LogP contribution in [0, 0.1) is 69.3 Å². The van der Waals surface area contributed by atoms with Crippen molar-refractivity contribution in [3.63, 3.8) is 0 Å². The van der Waals surface area contributed by atoms with E-state index in [-0.39, 0.29) is 4.92 Å². The Morgan fingerprint density at radius 3 is 1.44 bits per heavy atom. The molecule has 8 bridgehead atoms. The van der Waals surface area contributed by atoms with Crippen molar-refractivity contribution in [3.8, 4) is 0 Å². The van der Waals surface area contributed by atoms with Crippen LogP contribution in [-0.2, 0) is 12.8 Å². The number of nitro groups is 1. The summed E-state index contributed by atoms with van der Waals surface area (Å²) in [7, 11) is 9.87. The summed E-state index contributed by atoms with van der Waals surface area (Å²) in [5.74, 6) is 9.44. The molecule has 220 valence electrons. The molecule has 0 amide bonds. The zero-order valence-electron chi connectivity index (χ0n) is 24.0. The molecule has 0 atom stereocenters. The van der Waals surface area contributed by atoms with E-state index in [4.69, 9.17) is 23.6 Å². The third-order valence-electron chi connectivity index (χ3n) is 12.0. The van der Waals surface area contributed by atoms with Crippen LogP contribution < -0.4 is 5.73 Å². The Hall–Kier alpha value is -0.981. The first-order valence-electron chi connectivity index (χ1n) is 15.9. The molecular formula is C34H44Cl2N2O2Sn. The minimum absolute atomic E-state index is 0.217. The number of hydrogen-bond acceptors (Lipinski definition) is 3. The van der Waals surface area contributed by atoms with Crippen molar-refractivity contribution in [2.75, 3.05) is 5.73 Å². The van der Waals surface area contributed by atoms with Crippen LogP contribution in [0.1, 0.15) is 75.3 Å². The van der Waals surface area contributed by atoms with Crippen LogP contribution in [-0.4, -0.2) is 23.8 Å². The Morgan fingerprint density at radius 2 is 1.02 bits per heavy atom. The fraction of sp³-hybridized carbons (Fsp3) is 0.647. The molecule has 0 aliphatic heterocycles. The topological polar surface area (TPSA) is 69.2 Å². The Balaban J connectivity index is 0.000000135. The van der Waals surface area contributed by atoms with Crippen molar-refractivity contribution in [2.45, 2.75) is 77.0 Å². The van der Waals surface area contributed by atoms with E-state index < -0.39 is 18.9 Å². The molecule has 2 radical (unpaired) electrons. The van der Waals surface area contributed by atoms with Crippen molar-refractivity contribution in [3.05, 3.63) is 69.8 Å². The van der Waals surface area contributed by atoms with Gasteiger partial charge in [0.15, 0.2) is 0 Å². The van der Waals surface area contributed by atoms with E-state index in [9.17, 15) is 10.1 Å². The summed E-state index contributed by atoms with van der Waals surface area (Å²) in [6, 6.07) is 15.8. The molecule has 0 spiro atoms. The Kier molecular flexibility index (Phi) is 9.78. The van der Waals surface area contributed by atoms with E-state index in [1.807, 2.05) is 12.1 Å². The third kappa shape index (κ3) is 6.75. The van der Waals surface area contributed by atoms with Gasteiger partial charge < -0.3 is 5.73 Å². The molecule has 8 aliphatic rings. The molecule has 0 aromatic heterocycles. The zero-order valence-corrected chi connectivity index (χ0v) is 28.3. The molecule has 8 fully saturated rings. The molecule has 0 saturated heterocycles. The first-order chi connectivity index (χ1) is 19.9. The van der Waals surface area contributed by atoms with E-state index in [0.29, 0.717) is 11.6 Å². The van der Waals surface area contributed by atoms with Crippen LogP contribution in [0.15, 0.2) is 48.5 Å². The fourth-order valence-corrected chi connectivity index (χ4v) is 10.8. The zero-order chi connectivity index (χ0) is 28.5. The number of rotatable bonds is 5. The first-order valence-corrected chi connectivity index (χ1v) is 23.2. The van der Waals surface area contributed by atoms with Crippen LogP contribution in [0.4, 0.5) is 11.4 Å². The standard InChI is InChI=1S/C17H21NO2.C17H23N.2ClH.Sn/c19-18(20)17-4-2-1-3-13(17)10-16-14-6-11-5-12(8-14)9-15(16)7-11;18-17-4-2-1-3-13(17)10-16-14-6-11-5-12(8-14)9-15(16)7-11;;;/h1-4,11-12,14-16H,5-10H2;1-4,11-12,14-16H,5-10,18H2;2*1H;/q;;;;+2/p-2. The predicted molar refractivity (Wildman–Crippen MR) is 170 cm³/mol. The number of nitrogens with zero attached hydrogens (tertiary/aromatic N) is 1. The van der Waals surface area contributed by atoms with Crippen molar-refractivity contribution in [1.29, 1.82) is 0 Å². The Morgan fingerprint density at radius 1 is 0.659 bits per heavy atom. The number of halogens is 2. The number of anilines is 1. The molecule has 7 heteroatoms. The van der Waals surface area contributed by atoms with E-state index in [1.54, 1.807) is 18.6 Å². The molecule has 4 nitrogen and oxygen atoms in total. The Bertz CT molecular complexity index is 1150. The summed E-state index contributed by atoms with van der Waals surface area (Å²) in [5.41, 5.74) is 9.80. The van der Waals surface area contributed by atoms with Crippen LogP contribution in [0.2, 0.25) is 0 Å². The van der Waals surface area contributed by atoms with Gasteiger partial charge in [-0.05, 0) is 148 Å². The quantitative estimate of drug-likeness (QED) is 0.146. The maximum atomic E-state index is 11.2. The van der Waals surface area contributed by atoms with Gasteiger partial charge in [-0.3, -0.25) is 10.1 Å². The summed E-state index contributed by atoms with van der Waals surface area (Å²) < 4.78 is 0. The van der Waals surface area contributed by atoms with Crippen LogP contribution in [0.25, 0.3) is 0 Å². The van der Waals surface area contributed by atoms with Crippen molar-refractivity contribution in [2.24, 2.45) is 59.2 Å². The van der Waals surface area contributed by atoms with E-state index in [0.717, 1.165) is 70.9 Å². The van der Waals surface area contributed by atoms with Crippen LogP contribution in [0.5, 0.6) is 0 Å². The SMILES string of the molecule is Nc1ccccc1CC1C2CC3CC(C2)CC1C3.O=[N+]([O-])c1ccccc1CC1C2CC3CC(C2)CC1C3.[Cl][Sn][Cl]. The van der Waals surface area contributed by atoms with Gasteiger partial charge in [-0.25, -0.2) is 0 Å². The monoisotopic (exact) mass is 702 g/mol. The van der Waals surface area contributed by atoms with Gasteiger partial charge in [-0.15, -0.1) is 0 Å². The van der Waals surface area contributed by atoms with Crippen molar-refractivity contribution in [1.82, 2.24) is 0 Å². The average molecular weight is 702 g/mol. The molecular weight excluding hydrogens is 658 g/mol. The molecule has 8 saturated carbocycles. The van der Waals surface area contributed by atoms with Gasteiger partial charge >= 0.3 is 36.7 Å². The van der Waals surface area contributed by atoms with Gasteiger partial charge in [0.2, 0.25) is 0 Å². The second kappa shape index (κ2) is 13.3. The van der Waals surface area contributed by atoms with Gasteiger partial charge in [-0.2, -0.15) is 0 Å². The number of hydrogen-bond donors (Lipinski definition) is 1. The number of nitrogen functional groups attached to an aromatic ring is 1. The van der Waals surface area contributed by atoms with Gasteiger partial charge in [0.1, 0.15) is 0 Å². The fourth-order valence-electron chi connectivity index (χ4n) is 10.8. The molecule has 0 unspecified atom stereocenters. The van der Waals surface area contributed by atoms with Crippen molar-refractivity contribution < 1.29 is 4.92 Å². The molecule has 41 heavy (non-hydrogen) atoms. The number of nitro benzene ring substituents is 1. The summed E-state index contributed by atoms with van der Waals surface area (Å²) in [6.45, 7) is 0. The number of nitrogens with two attached hydrogens (primary N) is 1. The van der Waals surface area contributed by atoms with Gasteiger partial charge in [0.05, 0.1) is 4.92 Å². The van der Waals surface area contributed by atoms with E-state index >= 15 is 0 Å². The maximum absolute atomic E-state index is 11.2. The normalized spacial score (nSPS) is 37.1. The second-order valence-corrected chi connectivity index (χ2v) is 18.5. The third-order valence-corrected chi connectivity index (χ3v) is 12.0. The van der Waals surface area contributed by atoms with Gasteiger partial charge in [0, 0.05) is 17.3 Å². The summed E-state index contributed by atoms with van der Waals surface area (Å²) in [5, 5.41) is 11.2. The minimum atomic E-state index is -0.826. The molecule has 8 aliphatic carbocycles. The molecule has 2 aromatic carbocycles. The van der Waals surface area contributed by atoms with Gasteiger partial charge in [-0.1, -0.05) is 36.4 Å². The molecule has 0 heterocycles. The predicted octanol–water partition coefficient (Wildman–Crippen LogP) is 9.09. The Labute approximate surface area is 263 Å². The van der Waals surface area contributed by atoms with Gasteiger partial charge in [0.25, 0.3) is 5.69 Å². The second-order valence-electron chi connectivity index (χ2n) is 14.3. The molecule has 2 aromatic rings. The summed E-state index contributed by atoms with van der Waals surface area (Å²) in [4.78, 5) is 11.0. The summed E-state index contributed by atoms with van der Waals surface area (Å²) >= 11 is -0.826. The van der Waals surface area contributed by atoms with E-state index in [2.05, 4.69) is 24.3 Å². The van der Waals surface area contributed by atoms with Crippen LogP contribution >= 0.6 is 17.8 Å². The first kappa shape index (κ1) is 30.1. The molecule has 10 rings (SSSR count). The van der Waals surface area contributed by atoms with Crippen LogP contribution in [0.3, 0.4) is 0 Å². The summed E-state index contributed by atoms with van der Waals surface area (Å²) in [6.07, 6.45) is 16.8. The van der Waals surface area contributed by atoms with E-state index in [1.165, 1.54) is 69.8 Å². The molecule has 2 N–H and O–H groups in total. The number of para-hydroxylation sites is 2. The number of benzene rings is 2. The van der Waals surface area contributed by atoms with Crippen molar-refractivity contribution >= 4 is 48.1 Å².